The van der Waals surface area contributed by atoms with E-state index in [0.29, 0.717) is 34.1 Å². The molecule has 5 rings (SSSR count). The quantitative estimate of drug-likeness (QED) is 0.117. The fourth-order valence-corrected chi connectivity index (χ4v) is 4.70. The van der Waals surface area contributed by atoms with Gasteiger partial charge in [0.15, 0.2) is 5.16 Å². The predicted octanol–water partition coefficient (Wildman–Crippen LogP) is 5.52. The molecule has 0 spiro atoms. The normalized spacial score (nSPS) is 11.1. The molecule has 7 nitrogen and oxygen atoms in total. The number of hydrogen-bond donors (Lipinski definition) is 1. The van der Waals surface area contributed by atoms with Crippen LogP contribution in [0.25, 0.3) is 16.6 Å². The Morgan fingerprint density at radius 2 is 1.74 bits per heavy atom. The van der Waals surface area contributed by atoms with Gasteiger partial charge in [0.05, 0.1) is 28.6 Å². The minimum absolute atomic E-state index is 0.0359. The van der Waals surface area contributed by atoms with E-state index in [0.717, 1.165) is 16.7 Å². The van der Waals surface area contributed by atoms with Crippen LogP contribution in [0.2, 0.25) is 0 Å². The van der Waals surface area contributed by atoms with Crippen LogP contribution >= 0.6 is 11.8 Å². The summed E-state index contributed by atoms with van der Waals surface area (Å²) in [7, 11) is 0. The molecule has 39 heavy (non-hydrogen) atoms. The van der Waals surface area contributed by atoms with Crippen molar-refractivity contribution in [1.29, 1.82) is 0 Å². The number of hydrogen-bond acceptors (Lipinski definition) is 6. The third kappa shape index (κ3) is 6.61. The van der Waals surface area contributed by atoms with Gasteiger partial charge >= 0.3 is 0 Å². The maximum absolute atomic E-state index is 13.3. The third-order valence-corrected chi connectivity index (χ3v) is 6.82. The van der Waals surface area contributed by atoms with Crippen LogP contribution in [-0.4, -0.2) is 27.4 Å². The van der Waals surface area contributed by atoms with Crippen molar-refractivity contribution in [2.45, 2.75) is 18.7 Å². The largest absolute Gasteiger partial charge is 0.489 e. The highest BCUT2D eigenvalue weighted by Crippen LogP contribution is 2.21. The van der Waals surface area contributed by atoms with E-state index in [4.69, 9.17) is 4.74 Å². The summed E-state index contributed by atoms with van der Waals surface area (Å²) in [6.45, 7) is 2.45. The second kappa shape index (κ2) is 12.2. The highest BCUT2D eigenvalue weighted by molar-refractivity contribution is 7.99. The first-order valence-corrected chi connectivity index (χ1v) is 13.4. The van der Waals surface area contributed by atoms with Crippen LogP contribution in [0.4, 0.5) is 0 Å². The van der Waals surface area contributed by atoms with Crippen molar-refractivity contribution in [2.24, 2.45) is 5.10 Å². The number of para-hydroxylation sites is 1. The van der Waals surface area contributed by atoms with Crippen molar-refractivity contribution in [1.82, 2.24) is 15.0 Å². The number of hydrazone groups is 1. The maximum Gasteiger partial charge on any atom is 0.266 e. The molecule has 0 saturated heterocycles. The first kappa shape index (κ1) is 25.9. The number of fused-ring (bicyclic) bond motifs is 1. The SMILES string of the molecule is Cc1ccc(-n2c(SCC(=O)N/N=C\c3cccc(OCc4ccccc4)c3)nc3ccccc3c2=O)cc1. The summed E-state index contributed by atoms with van der Waals surface area (Å²) < 4.78 is 7.40. The van der Waals surface area contributed by atoms with Gasteiger partial charge < -0.3 is 4.74 Å². The van der Waals surface area contributed by atoms with Crippen molar-refractivity contribution >= 4 is 34.8 Å². The van der Waals surface area contributed by atoms with Crippen LogP contribution in [0.1, 0.15) is 16.7 Å². The second-order valence-corrected chi connectivity index (χ2v) is 9.76. The van der Waals surface area contributed by atoms with E-state index in [1.807, 2.05) is 97.9 Å². The molecule has 5 aromatic rings. The van der Waals surface area contributed by atoms with Gasteiger partial charge in [-0.3, -0.25) is 14.2 Å². The molecular formula is C31H26N4O3S. The highest BCUT2D eigenvalue weighted by atomic mass is 32.2. The van der Waals surface area contributed by atoms with Crippen molar-refractivity contribution in [3.63, 3.8) is 0 Å². The lowest BCUT2D eigenvalue weighted by molar-refractivity contribution is -0.118. The molecule has 194 valence electrons. The van der Waals surface area contributed by atoms with Crippen LogP contribution in [0.15, 0.2) is 118 Å². The number of amides is 1. The highest BCUT2D eigenvalue weighted by Gasteiger charge is 2.14. The lowest BCUT2D eigenvalue weighted by Gasteiger charge is -2.13. The smallest absolute Gasteiger partial charge is 0.266 e. The zero-order valence-corrected chi connectivity index (χ0v) is 22.1. The fraction of sp³-hybridized carbons (Fsp3) is 0.0968. The Kier molecular flexibility index (Phi) is 8.14. The number of carbonyl (C=O) groups is 1. The van der Waals surface area contributed by atoms with Crippen LogP contribution in [-0.2, 0) is 11.4 Å². The Balaban J connectivity index is 1.25. The summed E-state index contributed by atoms with van der Waals surface area (Å²) in [4.78, 5) is 30.6. The number of nitrogens with one attached hydrogen (secondary N) is 1. The fourth-order valence-electron chi connectivity index (χ4n) is 3.90. The number of aryl methyl sites for hydroxylation is 1. The summed E-state index contributed by atoms with van der Waals surface area (Å²) >= 11 is 1.18. The van der Waals surface area contributed by atoms with Crippen LogP contribution in [0.5, 0.6) is 5.75 Å². The Bertz CT molecular complexity index is 1680. The van der Waals surface area contributed by atoms with Crippen LogP contribution in [0.3, 0.4) is 0 Å². The number of nitrogens with zero attached hydrogens (tertiary/aromatic N) is 3. The van der Waals surface area contributed by atoms with Gasteiger partial charge in [0.1, 0.15) is 12.4 Å². The molecule has 0 unspecified atom stereocenters. The molecule has 1 N–H and O–H groups in total. The molecule has 8 heteroatoms. The Morgan fingerprint density at radius 1 is 0.974 bits per heavy atom. The molecular weight excluding hydrogens is 508 g/mol. The van der Waals surface area contributed by atoms with Crippen molar-refractivity contribution in [3.05, 3.63) is 130 Å². The molecule has 0 bridgehead atoms. The maximum atomic E-state index is 13.3. The van der Waals surface area contributed by atoms with Gasteiger partial charge in [0.25, 0.3) is 11.5 Å². The Hall–Kier alpha value is -4.69. The molecule has 0 aliphatic rings. The van der Waals surface area contributed by atoms with Gasteiger partial charge in [-0.1, -0.05) is 84.1 Å². The topological polar surface area (TPSA) is 85.6 Å². The molecule has 1 heterocycles. The van der Waals surface area contributed by atoms with Gasteiger partial charge in [-0.15, -0.1) is 0 Å². The van der Waals surface area contributed by atoms with E-state index in [2.05, 4.69) is 15.5 Å². The molecule has 0 radical (unpaired) electrons. The molecule has 1 aromatic heterocycles. The number of carbonyl (C=O) groups excluding carboxylic acids is 1. The monoisotopic (exact) mass is 534 g/mol. The minimum atomic E-state index is -0.314. The second-order valence-electron chi connectivity index (χ2n) is 8.82. The molecule has 4 aromatic carbocycles. The molecule has 0 fully saturated rings. The van der Waals surface area contributed by atoms with Crippen molar-refractivity contribution in [3.8, 4) is 11.4 Å². The molecule has 0 aliphatic heterocycles. The minimum Gasteiger partial charge on any atom is -0.489 e. The van der Waals surface area contributed by atoms with Gasteiger partial charge in [0.2, 0.25) is 0 Å². The van der Waals surface area contributed by atoms with Crippen LogP contribution < -0.4 is 15.7 Å². The number of thioether (sulfide) groups is 1. The van der Waals surface area contributed by atoms with E-state index in [1.54, 1.807) is 22.9 Å². The lowest BCUT2D eigenvalue weighted by Crippen LogP contribution is -2.24. The molecule has 1 amide bonds. The molecule has 0 aliphatic carbocycles. The summed E-state index contributed by atoms with van der Waals surface area (Å²) in [5.74, 6) is 0.431. The van der Waals surface area contributed by atoms with Gasteiger partial charge in [-0.2, -0.15) is 5.10 Å². The van der Waals surface area contributed by atoms with Gasteiger partial charge in [0, 0.05) is 0 Å². The standard InChI is InChI=1S/C31H26N4O3S/c1-22-14-16-25(17-15-22)35-30(37)27-12-5-6-13-28(27)33-31(35)39-21-29(36)34-32-19-24-10-7-11-26(18-24)38-20-23-8-3-2-4-9-23/h2-19H,20-21H2,1H3,(H,34,36)/b32-19-. The van der Waals surface area contributed by atoms with Crippen LogP contribution in [0, 0.1) is 6.92 Å². The average Bonchev–Trinajstić information content (AvgIpc) is 2.97. The predicted molar refractivity (Wildman–Crippen MR) is 156 cm³/mol. The molecule has 0 atom stereocenters. The Morgan fingerprint density at radius 3 is 2.56 bits per heavy atom. The number of rotatable bonds is 9. The van der Waals surface area contributed by atoms with E-state index in [9.17, 15) is 9.59 Å². The number of ether oxygens (including phenoxy) is 1. The van der Waals surface area contributed by atoms with E-state index < -0.39 is 0 Å². The van der Waals surface area contributed by atoms with E-state index >= 15 is 0 Å². The van der Waals surface area contributed by atoms with E-state index in [1.165, 1.54) is 11.8 Å². The van der Waals surface area contributed by atoms with Gasteiger partial charge in [-0.25, -0.2) is 10.4 Å². The van der Waals surface area contributed by atoms with Crippen molar-refractivity contribution < 1.29 is 9.53 Å². The summed E-state index contributed by atoms with van der Waals surface area (Å²) in [6.07, 6.45) is 1.56. The third-order valence-electron chi connectivity index (χ3n) is 5.88. The van der Waals surface area contributed by atoms with Gasteiger partial charge in [-0.05, 0) is 54.4 Å². The summed E-state index contributed by atoms with van der Waals surface area (Å²) in [5.41, 5.74) is 6.60. The first-order valence-electron chi connectivity index (χ1n) is 12.4. The average molecular weight is 535 g/mol. The first-order chi connectivity index (χ1) is 19.1. The zero-order valence-electron chi connectivity index (χ0n) is 21.3. The zero-order chi connectivity index (χ0) is 27.0. The number of aromatic nitrogens is 2. The Labute approximate surface area is 230 Å². The van der Waals surface area contributed by atoms with Crippen molar-refractivity contribution in [2.75, 3.05) is 5.75 Å². The summed E-state index contributed by atoms with van der Waals surface area (Å²) in [6, 6.07) is 32.2. The number of benzene rings is 4. The van der Waals surface area contributed by atoms with E-state index in [-0.39, 0.29) is 17.2 Å². The molecule has 0 saturated carbocycles. The lowest BCUT2D eigenvalue weighted by atomic mass is 10.2. The summed E-state index contributed by atoms with van der Waals surface area (Å²) in [5, 5.41) is 5.04.